The smallest absolute Gasteiger partial charge is 0.177 e. The molecular weight excluding hydrogens is 264 g/mol. The zero-order valence-electron chi connectivity index (χ0n) is 11.5. The Bertz CT molecular complexity index is 681. The minimum absolute atomic E-state index is 0.0257. The summed E-state index contributed by atoms with van der Waals surface area (Å²) in [4.78, 5) is 17.0. The van der Waals surface area contributed by atoms with Crippen LogP contribution in [0.5, 0.6) is 0 Å². The molecule has 0 unspecified atom stereocenters. The first-order valence-electron chi connectivity index (χ1n) is 6.79. The van der Waals surface area contributed by atoms with E-state index in [9.17, 15) is 4.79 Å². The lowest BCUT2D eigenvalue weighted by Crippen LogP contribution is -2.36. The second-order valence-electron chi connectivity index (χ2n) is 5.14. The second kappa shape index (κ2) is 5.47. The minimum Gasteiger partial charge on any atom is -0.380 e. The van der Waals surface area contributed by atoms with Crippen molar-refractivity contribution in [2.24, 2.45) is 0 Å². The van der Waals surface area contributed by atoms with Crippen molar-refractivity contribution >= 4 is 5.78 Å². The van der Waals surface area contributed by atoms with Crippen LogP contribution in [0.25, 0.3) is 0 Å². The lowest BCUT2D eigenvalue weighted by Gasteiger charge is -2.26. The molecule has 1 aliphatic rings. The number of rotatable bonds is 3. The van der Waals surface area contributed by atoms with Crippen LogP contribution in [-0.2, 0) is 10.2 Å². The Balaban J connectivity index is 2.03. The van der Waals surface area contributed by atoms with E-state index < -0.39 is 5.41 Å². The van der Waals surface area contributed by atoms with Gasteiger partial charge in [-0.3, -0.25) is 9.78 Å². The molecule has 1 fully saturated rings. The number of hydrogen-bond acceptors (Lipinski definition) is 4. The lowest BCUT2D eigenvalue weighted by molar-refractivity contribution is 0.0855. The van der Waals surface area contributed by atoms with Crippen LogP contribution in [0.15, 0.2) is 48.8 Å². The van der Waals surface area contributed by atoms with E-state index in [4.69, 9.17) is 10.00 Å². The predicted octanol–water partition coefficient (Wildman–Crippen LogP) is 2.49. The van der Waals surface area contributed by atoms with E-state index in [1.165, 1.54) is 0 Å². The number of ketones is 1. The fourth-order valence-electron chi connectivity index (χ4n) is 2.74. The van der Waals surface area contributed by atoms with E-state index in [2.05, 4.69) is 11.1 Å². The maximum absolute atomic E-state index is 12.9. The number of nitrogens with zero attached hydrogens (tertiary/aromatic N) is 2. The molecule has 0 spiro atoms. The summed E-state index contributed by atoms with van der Waals surface area (Å²) in [5.74, 6) is 0.0257. The van der Waals surface area contributed by atoms with Gasteiger partial charge in [0.2, 0.25) is 0 Å². The van der Waals surface area contributed by atoms with Gasteiger partial charge in [-0.25, -0.2) is 0 Å². The molecule has 21 heavy (non-hydrogen) atoms. The number of carbonyl (C=O) groups is 1. The summed E-state index contributed by atoms with van der Waals surface area (Å²) >= 11 is 0. The van der Waals surface area contributed by atoms with Crippen LogP contribution in [0.4, 0.5) is 0 Å². The van der Waals surface area contributed by atoms with Gasteiger partial charge in [0.25, 0.3) is 0 Å². The quantitative estimate of drug-likeness (QED) is 0.809. The first-order valence-corrected chi connectivity index (χ1v) is 6.79. The molecule has 1 saturated heterocycles. The molecule has 0 saturated carbocycles. The number of pyridine rings is 1. The van der Waals surface area contributed by atoms with Gasteiger partial charge in [0.15, 0.2) is 5.78 Å². The Hall–Kier alpha value is -2.51. The number of benzene rings is 1. The van der Waals surface area contributed by atoms with Gasteiger partial charge in [0.05, 0.1) is 23.7 Å². The van der Waals surface area contributed by atoms with Crippen molar-refractivity contribution in [2.75, 3.05) is 13.2 Å². The predicted molar refractivity (Wildman–Crippen MR) is 76.8 cm³/mol. The van der Waals surface area contributed by atoms with E-state index in [0.29, 0.717) is 30.8 Å². The Morgan fingerprint density at radius 1 is 1.29 bits per heavy atom. The number of Topliss-reactive ketones (excluding diaryl/α,β-unsaturated/α-hetero) is 1. The Morgan fingerprint density at radius 2 is 2.10 bits per heavy atom. The van der Waals surface area contributed by atoms with Gasteiger partial charge in [-0.15, -0.1) is 0 Å². The summed E-state index contributed by atoms with van der Waals surface area (Å²) in [6.07, 6.45) is 3.88. The third kappa shape index (κ3) is 2.32. The maximum atomic E-state index is 12.9. The van der Waals surface area contributed by atoms with Gasteiger partial charge >= 0.3 is 0 Å². The maximum Gasteiger partial charge on any atom is 0.177 e. The molecule has 0 aliphatic carbocycles. The summed E-state index contributed by atoms with van der Waals surface area (Å²) in [5, 5.41) is 8.90. The fourth-order valence-corrected chi connectivity index (χ4v) is 2.74. The summed E-state index contributed by atoms with van der Waals surface area (Å²) < 4.78 is 5.51. The Labute approximate surface area is 123 Å². The van der Waals surface area contributed by atoms with Crippen LogP contribution < -0.4 is 0 Å². The van der Waals surface area contributed by atoms with Crippen LogP contribution in [-0.4, -0.2) is 24.0 Å². The highest BCUT2D eigenvalue weighted by Crippen LogP contribution is 2.36. The van der Waals surface area contributed by atoms with Crippen LogP contribution in [0, 0.1) is 11.3 Å². The second-order valence-corrected chi connectivity index (χ2v) is 5.14. The normalized spacial score (nSPS) is 20.9. The summed E-state index contributed by atoms with van der Waals surface area (Å²) in [7, 11) is 0. The monoisotopic (exact) mass is 278 g/mol. The molecule has 2 heterocycles. The number of ether oxygens (including phenoxy) is 1. The Morgan fingerprint density at radius 3 is 2.67 bits per heavy atom. The highest BCUT2D eigenvalue weighted by Gasteiger charge is 2.44. The van der Waals surface area contributed by atoms with Gasteiger partial charge in [0.1, 0.15) is 0 Å². The van der Waals surface area contributed by atoms with Crippen molar-refractivity contribution in [3.05, 3.63) is 65.5 Å². The van der Waals surface area contributed by atoms with E-state index in [0.717, 1.165) is 5.56 Å². The zero-order chi connectivity index (χ0) is 14.7. The van der Waals surface area contributed by atoms with Gasteiger partial charge in [-0.1, -0.05) is 12.1 Å². The van der Waals surface area contributed by atoms with Crippen LogP contribution in [0.2, 0.25) is 0 Å². The van der Waals surface area contributed by atoms with Crippen molar-refractivity contribution < 1.29 is 9.53 Å². The van der Waals surface area contributed by atoms with Crippen molar-refractivity contribution in [1.82, 2.24) is 4.98 Å². The molecule has 0 N–H and O–H groups in total. The van der Waals surface area contributed by atoms with Gasteiger partial charge in [-0.05, 0) is 36.2 Å². The molecule has 4 heteroatoms. The molecule has 1 aromatic carbocycles. The molecule has 0 bridgehead atoms. The number of aromatic nitrogens is 1. The standard InChI is InChI=1S/C17H14N2O2/c18-10-13-3-5-15(6-4-13)17(7-9-21-12-17)16(20)14-2-1-8-19-11-14/h1-6,8,11H,7,9,12H2/t17-/m0/s1. The third-order valence-electron chi connectivity index (χ3n) is 3.95. The highest BCUT2D eigenvalue weighted by molar-refractivity contribution is 6.04. The summed E-state index contributed by atoms with van der Waals surface area (Å²) in [6, 6.07) is 12.8. The van der Waals surface area contributed by atoms with Crippen molar-refractivity contribution in [3.8, 4) is 6.07 Å². The molecule has 0 amide bonds. The van der Waals surface area contributed by atoms with Gasteiger partial charge < -0.3 is 4.74 Å². The van der Waals surface area contributed by atoms with Gasteiger partial charge in [0, 0.05) is 24.6 Å². The van der Waals surface area contributed by atoms with E-state index in [1.807, 2.05) is 12.1 Å². The molecule has 1 aliphatic heterocycles. The van der Waals surface area contributed by atoms with E-state index in [1.54, 1.807) is 36.7 Å². The van der Waals surface area contributed by atoms with Gasteiger partial charge in [-0.2, -0.15) is 5.26 Å². The van der Waals surface area contributed by atoms with Crippen molar-refractivity contribution in [1.29, 1.82) is 5.26 Å². The summed E-state index contributed by atoms with van der Waals surface area (Å²) in [5.41, 5.74) is 1.40. The average molecular weight is 278 g/mol. The van der Waals surface area contributed by atoms with E-state index >= 15 is 0 Å². The minimum atomic E-state index is -0.670. The molecule has 1 atom stereocenters. The first-order chi connectivity index (χ1) is 10.3. The first kappa shape index (κ1) is 13.5. The molecule has 4 nitrogen and oxygen atoms in total. The fraction of sp³-hybridized carbons (Fsp3) is 0.235. The molecule has 2 aromatic rings. The molecule has 0 radical (unpaired) electrons. The van der Waals surface area contributed by atoms with Crippen LogP contribution in [0.3, 0.4) is 0 Å². The van der Waals surface area contributed by atoms with Crippen LogP contribution >= 0.6 is 0 Å². The summed E-state index contributed by atoms with van der Waals surface area (Å²) in [6.45, 7) is 0.929. The highest BCUT2D eigenvalue weighted by atomic mass is 16.5. The number of nitriles is 1. The molecular formula is C17H14N2O2. The molecule has 1 aromatic heterocycles. The lowest BCUT2D eigenvalue weighted by atomic mass is 9.74. The van der Waals surface area contributed by atoms with Crippen LogP contribution in [0.1, 0.15) is 27.9 Å². The third-order valence-corrected chi connectivity index (χ3v) is 3.95. The molecule has 104 valence electrons. The van der Waals surface area contributed by atoms with E-state index in [-0.39, 0.29) is 5.78 Å². The number of hydrogen-bond donors (Lipinski definition) is 0. The Kier molecular flexibility index (Phi) is 3.51. The SMILES string of the molecule is N#Cc1ccc([C@]2(C(=O)c3cccnc3)CCOC2)cc1. The van der Waals surface area contributed by atoms with Crippen molar-refractivity contribution in [2.45, 2.75) is 11.8 Å². The number of carbonyl (C=O) groups excluding carboxylic acids is 1. The van der Waals surface area contributed by atoms with Crippen molar-refractivity contribution in [3.63, 3.8) is 0 Å². The topological polar surface area (TPSA) is 63.0 Å². The molecule has 3 rings (SSSR count). The average Bonchev–Trinajstić information content (AvgIpc) is 3.06. The largest absolute Gasteiger partial charge is 0.380 e. The zero-order valence-corrected chi connectivity index (χ0v) is 11.5.